The number of hydrogen-bond acceptors (Lipinski definition) is 3. The van der Waals surface area contributed by atoms with Crippen LogP contribution in [0.4, 0.5) is 5.82 Å². The molecule has 0 aliphatic rings. The van der Waals surface area contributed by atoms with Crippen molar-refractivity contribution in [3.05, 3.63) is 23.4 Å². The molecule has 0 aliphatic carbocycles. The molecule has 1 heterocycles. The molecule has 1 atom stereocenters. The number of amides is 1. The summed E-state index contributed by atoms with van der Waals surface area (Å²) in [6, 6.07) is 5.13. The minimum Gasteiger partial charge on any atom is -0.316 e. The average Bonchev–Trinajstić information content (AvgIpc) is 2.25. The second-order valence-corrected chi connectivity index (χ2v) is 3.93. The monoisotopic (exact) mass is 241 g/mol. The van der Waals surface area contributed by atoms with E-state index in [4.69, 9.17) is 11.6 Å². The van der Waals surface area contributed by atoms with Crippen molar-refractivity contribution in [2.75, 3.05) is 18.4 Å². The van der Waals surface area contributed by atoms with Gasteiger partial charge in [0.2, 0.25) is 5.91 Å². The minimum atomic E-state index is -0.0965. The average molecular weight is 242 g/mol. The van der Waals surface area contributed by atoms with Crippen molar-refractivity contribution in [3.63, 3.8) is 0 Å². The summed E-state index contributed by atoms with van der Waals surface area (Å²) in [6.45, 7) is 5.38. The second kappa shape index (κ2) is 6.45. The van der Waals surface area contributed by atoms with Crippen LogP contribution in [0.5, 0.6) is 0 Å². The molecule has 0 radical (unpaired) electrons. The standard InChI is InChI=1S/C11H16ClN3O/c1-3-13-7-8(2)11(16)15-10-6-4-5-9(12)14-10/h4-6,8,13H,3,7H2,1-2H3,(H,14,15,16). The number of nitrogens with zero attached hydrogens (tertiary/aromatic N) is 1. The highest BCUT2D eigenvalue weighted by Crippen LogP contribution is 2.10. The zero-order valence-corrected chi connectivity index (χ0v) is 10.2. The van der Waals surface area contributed by atoms with Gasteiger partial charge in [0, 0.05) is 12.5 Å². The lowest BCUT2D eigenvalue weighted by Gasteiger charge is -2.11. The summed E-state index contributed by atoms with van der Waals surface area (Å²) in [5, 5.41) is 6.21. The highest BCUT2D eigenvalue weighted by Gasteiger charge is 2.12. The van der Waals surface area contributed by atoms with Gasteiger partial charge in [0.25, 0.3) is 0 Å². The van der Waals surface area contributed by atoms with E-state index < -0.39 is 0 Å². The molecule has 0 bridgehead atoms. The molecule has 5 heteroatoms. The Kier molecular flexibility index (Phi) is 5.22. The fourth-order valence-electron chi connectivity index (χ4n) is 1.18. The molecule has 1 unspecified atom stereocenters. The van der Waals surface area contributed by atoms with Gasteiger partial charge in [-0.15, -0.1) is 0 Å². The first-order valence-corrected chi connectivity index (χ1v) is 5.65. The normalized spacial score (nSPS) is 12.2. The van der Waals surface area contributed by atoms with Gasteiger partial charge < -0.3 is 10.6 Å². The molecule has 0 spiro atoms. The van der Waals surface area contributed by atoms with Gasteiger partial charge in [-0.25, -0.2) is 4.98 Å². The predicted octanol–water partition coefficient (Wildman–Crippen LogP) is 1.92. The van der Waals surface area contributed by atoms with Gasteiger partial charge in [-0.3, -0.25) is 4.79 Å². The first-order chi connectivity index (χ1) is 7.63. The van der Waals surface area contributed by atoms with Crippen molar-refractivity contribution < 1.29 is 4.79 Å². The Morgan fingerprint density at radius 3 is 2.94 bits per heavy atom. The van der Waals surface area contributed by atoms with Gasteiger partial charge in [0.05, 0.1) is 0 Å². The quantitative estimate of drug-likeness (QED) is 0.775. The van der Waals surface area contributed by atoms with Crippen molar-refractivity contribution in [1.82, 2.24) is 10.3 Å². The maximum atomic E-state index is 11.7. The lowest BCUT2D eigenvalue weighted by molar-refractivity contribution is -0.119. The molecule has 0 saturated carbocycles. The van der Waals surface area contributed by atoms with Crippen LogP contribution in [0.1, 0.15) is 13.8 Å². The van der Waals surface area contributed by atoms with Gasteiger partial charge in [0.15, 0.2) is 0 Å². The number of rotatable bonds is 5. The van der Waals surface area contributed by atoms with Crippen LogP contribution in [0.15, 0.2) is 18.2 Å². The molecule has 4 nitrogen and oxygen atoms in total. The molecule has 0 saturated heterocycles. The summed E-state index contributed by atoms with van der Waals surface area (Å²) in [7, 11) is 0. The first kappa shape index (κ1) is 12.9. The molecular formula is C11H16ClN3O. The van der Waals surface area contributed by atoms with Crippen LogP contribution < -0.4 is 10.6 Å². The summed E-state index contributed by atoms with van der Waals surface area (Å²) in [6.07, 6.45) is 0. The predicted molar refractivity (Wildman–Crippen MR) is 65.6 cm³/mol. The molecule has 0 aromatic carbocycles. The van der Waals surface area contributed by atoms with Crippen LogP contribution in [0.3, 0.4) is 0 Å². The smallest absolute Gasteiger partial charge is 0.229 e. The molecule has 1 aromatic rings. The Balaban J connectivity index is 2.50. The zero-order chi connectivity index (χ0) is 12.0. The van der Waals surface area contributed by atoms with E-state index in [0.29, 0.717) is 17.5 Å². The molecule has 2 N–H and O–H groups in total. The van der Waals surface area contributed by atoms with Crippen molar-refractivity contribution in [2.24, 2.45) is 5.92 Å². The molecular weight excluding hydrogens is 226 g/mol. The summed E-state index contributed by atoms with van der Waals surface area (Å²) < 4.78 is 0. The Morgan fingerprint density at radius 2 is 2.31 bits per heavy atom. The number of halogens is 1. The van der Waals surface area contributed by atoms with Crippen LogP contribution in [0.2, 0.25) is 5.15 Å². The number of anilines is 1. The molecule has 0 aliphatic heterocycles. The van der Waals surface area contributed by atoms with Crippen molar-refractivity contribution in [2.45, 2.75) is 13.8 Å². The van der Waals surface area contributed by atoms with E-state index in [1.165, 1.54) is 0 Å². The Labute approximate surface area is 100 Å². The summed E-state index contributed by atoms with van der Waals surface area (Å²) in [4.78, 5) is 15.7. The van der Waals surface area contributed by atoms with Gasteiger partial charge in [-0.1, -0.05) is 31.5 Å². The molecule has 1 aromatic heterocycles. The van der Waals surface area contributed by atoms with Crippen molar-refractivity contribution in [1.29, 1.82) is 0 Å². The summed E-state index contributed by atoms with van der Waals surface area (Å²) >= 11 is 5.72. The zero-order valence-electron chi connectivity index (χ0n) is 9.46. The highest BCUT2D eigenvalue weighted by atomic mass is 35.5. The van der Waals surface area contributed by atoms with Gasteiger partial charge in [0.1, 0.15) is 11.0 Å². The van der Waals surface area contributed by atoms with E-state index >= 15 is 0 Å². The minimum absolute atomic E-state index is 0.0595. The van der Waals surface area contributed by atoms with Gasteiger partial charge in [-0.05, 0) is 18.7 Å². The lowest BCUT2D eigenvalue weighted by atomic mass is 10.1. The lowest BCUT2D eigenvalue weighted by Crippen LogP contribution is -2.30. The largest absolute Gasteiger partial charge is 0.316 e. The SMILES string of the molecule is CCNCC(C)C(=O)Nc1cccc(Cl)n1. The number of hydrogen-bond donors (Lipinski definition) is 2. The molecule has 16 heavy (non-hydrogen) atoms. The van der Waals surface area contributed by atoms with E-state index in [9.17, 15) is 4.79 Å². The molecule has 0 fully saturated rings. The third-order valence-electron chi connectivity index (χ3n) is 2.11. The van der Waals surface area contributed by atoms with Crippen molar-refractivity contribution in [3.8, 4) is 0 Å². The maximum Gasteiger partial charge on any atom is 0.229 e. The van der Waals surface area contributed by atoms with Crippen LogP contribution in [0, 0.1) is 5.92 Å². The first-order valence-electron chi connectivity index (χ1n) is 5.27. The molecule has 1 amide bonds. The van der Waals surface area contributed by atoms with E-state index in [2.05, 4.69) is 15.6 Å². The summed E-state index contributed by atoms with van der Waals surface area (Å²) in [5.41, 5.74) is 0. The van der Waals surface area contributed by atoms with E-state index in [0.717, 1.165) is 6.54 Å². The van der Waals surface area contributed by atoms with Crippen molar-refractivity contribution >= 4 is 23.3 Å². The van der Waals surface area contributed by atoms with Crippen LogP contribution in [0.25, 0.3) is 0 Å². The summed E-state index contributed by atoms with van der Waals surface area (Å²) in [5.74, 6) is 0.331. The fraction of sp³-hybridized carbons (Fsp3) is 0.455. The van der Waals surface area contributed by atoms with Gasteiger partial charge >= 0.3 is 0 Å². The van der Waals surface area contributed by atoms with E-state index in [1.54, 1.807) is 18.2 Å². The Morgan fingerprint density at radius 1 is 1.56 bits per heavy atom. The Bertz CT molecular complexity index is 357. The van der Waals surface area contributed by atoms with E-state index in [1.807, 2.05) is 13.8 Å². The van der Waals surface area contributed by atoms with Gasteiger partial charge in [-0.2, -0.15) is 0 Å². The highest BCUT2D eigenvalue weighted by molar-refractivity contribution is 6.29. The third-order valence-corrected chi connectivity index (χ3v) is 2.32. The molecule has 88 valence electrons. The van der Waals surface area contributed by atoms with Crippen LogP contribution in [-0.2, 0) is 4.79 Å². The maximum absolute atomic E-state index is 11.7. The van der Waals surface area contributed by atoms with Crippen LogP contribution in [-0.4, -0.2) is 24.0 Å². The number of nitrogens with one attached hydrogen (secondary N) is 2. The third kappa shape index (κ3) is 4.16. The second-order valence-electron chi connectivity index (χ2n) is 3.54. The number of aromatic nitrogens is 1. The van der Waals surface area contributed by atoms with E-state index in [-0.39, 0.29) is 11.8 Å². The fourth-order valence-corrected chi connectivity index (χ4v) is 1.34. The topological polar surface area (TPSA) is 54.0 Å². The number of carbonyl (C=O) groups is 1. The number of pyridine rings is 1. The van der Waals surface area contributed by atoms with Crippen LogP contribution >= 0.6 is 11.6 Å². The Hall–Kier alpha value is -1.13. The number of carbonyl (C=O) groups excluding carboxylic acids is 1. The molecule has 1 rings (SSSR count).